The van der Waals surface area contributed by atoms with Gasteiger partial charge in [0, 0.05) is 12.3 Å². The Bertz CT molecular complexity index is 496. The van der Waals surface area contributed by atoms with Crippen LogP contribution in [0.3, 0.4) is 0 Å². The van der Waals surface area contributed by atoms with Gasteiger partial charge in [0.15, 0.2) is 0 Å². The lowest BCUT2D eigenvalue weighted by molar-refractivity contribution is -0.236. The van der Waals surface area contributed by atoms with E-state index in [4.69, 9.17) is 0 Å². The molecule has 4 rings (SSSR count). The first-order valence-electron chi connectivity index (χ1n) is 9.42. The highest BCUT2D eigenvalue weighted by molar-refractivity contribution is 5.12. The summed E-state index contributed by atoms with van der Waals surface area (Å²) in [6, 6.07) is 0. The molecule has 4 aliphatic rings. The van der Waals surface area contributed by atoms with E-state index in [-0.39, 0.29) is 41.6 Å². The van der Waals surface area contributed by atoms with Crippen molar-refractivity contribution < 1.29 is 19.0 Å². The molecule has 0 bridgehead atoms. The minimum Gasteiger partial charge on any atom is -0.393 e. The normalized spacial score (nSPS) is 58.2. The lowest BCUT2D eigenvalue weighted by Gasteiger charge is -2.62. The van der Waals surface area contributed by atoms with Gasteiger partial charge in [-0.05, 0) is 73.5 Å². The summed E-state index contributed by atoms with van der Waals surface area (Å²) >= 11 is 0. The third kappa shape index (κ3) is 2.09. The van der Waals surface area contributed by atoms with Crippen LogP contribution in [0.1, 0.15) is 65.2 Å². The summed E-state index contributed by atoms with van der Waals surface area (Å²) in [5, 5.41) is 20.4. The lowest BCUT2D eigenvalue weighted by Crippen LogP contribution is -2.60. The van der Waals surface area contributed by atoms with Gasteiger partial charge in [-0.3, -0.25) is 0 Å². The van der Waals surface area contributed by atoms with E-state index in [1.54, 1.807) is 0 Å². The SMILES string of the molecule is C[C@]12CCC3[C@@H](CC(F)(F)[C@H]4C[C@H](O)CC[C@]34C)C1CC[C@@H]2O. The molecule has 0 heterocycles. The van der Waals surface area contributed by atoms with Crippen molar-refractivity contribution in [3.63, 3.8) is 0 Å². The third-order valence-corrected chi connectivity index (χ3v) is 8.57. The van der Waals surface area contributed by atoms with Gasteiger partial charge in [-0.1, -0.05) is 13.8 Å². The number of aliphatic hydroxyl groups is 2. The number of hydrogen-bond donors (Lipinski definition) is 2. The molecule has 0 aromatic rings. The summed E-state index contributed by atoms with van der Waals surface area (Å²) in [5.74, 6) is -2.73. The predicted molar refractivity (Wildman–Crippen MR) is 84.1 cm³/mol. The smallest absolute Gasteiger partial charge is 0.251 e. The van der Waals surface area contributed by atoms with Crippen molar-refractivity contribution in [2.75, 3.05) is 0 Å². The molecule has 132 valence electrons. The average Bonchev–Trinajstić information content (AvgIpc) is 2.77. The number of hydrogen-bond acceptors (Lipinski definition) is 2. The standard InChI is InChI=1S/C19H30F2O2/c1-17-7-5-11(22)9-15(17)19(20,21)10-12-13-3-4-16(23)18(13,2)8-6-14(12)17/h11-16,22-23H,3-10H2,1-2H3/t11-,12+,13?,14?,15+,16+,17-,18+/m1/s1. The van der Waals surface area contributed by atoms with Crippen molar-refractivity contribution in [2.45, 2.75) is 83.3 Å². The molecule has 4 heteroatoms. The molecule has 0 aromatic heterocycles. The van der Waals surface area contributed by atoms with E-state index in [1.165, 1.54) is 0 Å². The third-order valence-electron chi connectivity index (χ3n) is 8.57. The van der Waals surface area contributed by atoms with E-state index in [0.29, 0.717) is 12.3 Å². The van der Waals surface area contributed by atoms with E-state index < -0.39 is 17.9 Å². The van der Waals surface area contributed by atoms with Crippen LogP contribution >= 0.6 is 0 Å². The molecule has 0 spiro atoms. The fraction of sp³-hybridized carbons (Fsp3) is 1.00. The van der Waals surface area contributed by atoms with Crippen molar-refractivity contribution in [2.24, 2.45) is 34.5 Å². The van der Waals surface area contributed by atoms with E-state index in [2.05, 4.69) is 13.8 Å². The van der Waals surface area contributed by atoms with Gasteiger partial charge in [0.2, 0.25) is 0 Å². The maximum atomic E-state index is 15.0. The minimum absolute atomic E-state index is 0.0301. The number of alkyl halides is 2. The van der Waals surface area contributed by atoms with E-state index in [1.807, 2.05) is 0 Å². The fourth-order valence-electron chi connectivity index (χ4n) is 7.23. The van der Waals surface area contributed by atoms with Gasteiger partial charge in [0.1, 0.15) is 0 Å². The van der Waals surface area contributed by atoms with Crippen LogP contribution in [0.25, 0.3) is 0 Å². The molecule has 0 aliphatic heterocycles. The first-order chi connectivity index (χ1) is 10.7. The van der Waals surface area contributed by atoms with E-state index >= 15 is 8.78 Å². The summed E-state index contributed by atoms with van der Waals surface area (Å²) in [6.45, 7) is 4.20. The van der Waals surface area contributed by atoms with Gasteiger partial charge >= 0.3 is 0 Å². The van der Waals surface area contributed by atoms with Crippen molar-refractivity contribution in [3.05, 3.63) is 0 Å². The van der Waals surface area contributed by atoms with Crippen LogP contribution in [0.2, 0.25) is 0 Å². The molecule has 8 atom stereocenters. The van der Waals surface area contributed by atoms with Crippen molar-refractivity contribution >= 4 is 0 Å². The van der Waals surface area contributed by atoms with Crippen molar-refractivity contribution in [1.29, 1.82) is 0 Å². The zero-order chi connectivity index (χ0) is 16.6. The molecule has 4 fully saturated rings. The minimum atomic E-state index is -2.68. The van der Waals surface area contributed by atoms with Crippen LogP contribution in [-0.4, -0.2) is 28.3 Å². The molecule has 2 nitrogen and oxygen atoms in total. The van der Waals surface area contributed by atoms with E-state index in [0.717, 1.165) is 32.1 Å². The van der Waals surface area contributed by atoms with Crippen molar-refractivity contribution in [1.82, 2.24) is 0 Å². The fourth-order valence-corrected chi connectivity index (χ4v) is 7.23. The van der Waals surface area contributed by atoms with Gasteiger partial charge in [0.05, 0.1) is 12.2 Å². The Morgan fingerprint density at radius 3 is 2.26 bits per heavy atom. The second-order valence-electron chi connectivity index (χ2n) is 9.47. The van der Waals surface area contributed by atoms with Crippen LogP contribution < -0.4 is 0 Å². The quantitative estimate of drug-likeness (QED) is 0.706. The Kier molecular flexibility index (Phi) is 3.47. The molecule has 0 aromatic carbocycles. The zero-order valence-corrected chi connectivity index (χ0v) is 14.3. The average molecular weight is 328 g/mol. The second kappa shape index (κ2) is 4.91. The molecule has 0 radical (unpaired) electrons. The summed E-state index contributed by atoms with van der Waals surface area (Å²) in [7, 11) is 0. The predicted octanol–water partition coefficient (Wildman–Crippen LogP) is 4.00. The van der Waals surface area contributed by atoms with Crippen LogP contribution in [0.4, 0.5) is 8.78 Å². The summed E-state index contributed by atoms with van der Waals surface area (Å²) < 4.78 is 30.1. The Balaban J connectivity index is 1.71. The molecular weight excluding hydrogens is 298 g/mol. The van der Waals surface area contributed by atoms with Crippen LogP contribution in [0.5, 0.6) is 0 Å². The zero-order valence-electron chi connectivity index (χ0n) is 14.3. The number of halogens is 2. The molecule has 0 saturated heterocycles. The van der Waals surface area contributed by atoms with Gasteiger partial charge in [-0.25, -0.2) is 8.78 Å². The molecule has 0 amide bonds. The topological polar surface area (TPSA) is 40.5 Å². The van der Waals surface area contributed by atoms with Crippen molar-refractivity contribution in [3.8, 4) is 0 Å². The second-order valence-corrected chi connectivity index (χ2v) is 9.47. The Morgan fingerprint density at radius 2 is 1.52 bits per heavy atom. The summed E-state index contributed by atoms with van der Waals surface area (Å²) in [6.07, 6.45) is 4.35. The number of fused-ring (bicyclic) bond motifs is 5. The van der Waals surface area contributed by atoms with Crippen LogP contribution in [-0.2, 0) is 0 Å². The maximum Gasteiger partial charge on any atom is 0.251 e. The van der Waals surface area contributed by atoms with Gasteiger partial charge in [-0.15, -0.1) is 0 Å². The monoisotopic (exact) mass is 328 g/mol. The highest BCUT2D eigenvalue weighted by atomic mass is 19.3. The first kappa shape index (κ1) is 16.3. The Hall–Kier alpha value is -0.220. The molecule has 4 aliphatic carbocycles. The largest absolute Gasteiger partial charge is 0.393 e. The molecular formula is C19H30F2O2. The van der Waals surface area contributed by atoms with Crippen LogP contribution in [0.15, 0.2) is 0 Å². The highest BCUT2D eigenvalue weighted by Crippen LogP contribution is 2.68. The molecule has 23 heavy (non-hydrogen) atoms. The lowest BCUT2D eigenvalue weighted by atomic mass is 9.44. The maximum absolute atomic E-state index is 15.0. The Morgan fingerprint density at radius 1 is 0.870 bits per heavy atom. The van der Waals surface area contributed by atoms with E-state index in [9.17, 15) is 10.2 Å². The summed E-state index contributed by atoms with van der Waals surface area (Å²) in [5.41, 5.74) is -0.505. The number of rotatable bonds is 0. The van der Waals surface area contributed by atoms with Crippen LogP contribution in [0, 0.1) is 34.5 Å². The van der Waals surface area contributed by atoms with Gasteiger partial charge in [0.25, 0.3) is 5.92 Å². The van der Waals surface area contributed by atoms with Gasteiger partial charge < -0.3 is 10.2 Å². The highest BCUT2D eigenvalue weighted by Gasteiger charge is 2.66. The Labute approximate surface area is 137 Å². The molecule has 2 N–H and O–H groups in total. The molecule has 4 saturated carbocycles. The van der Waals surface area contributed by atoms with Gasteiger partial charge in [-0.2, -0.15) is 0 Å². The molecule has 2 unspecified atom stereocenters. The number of aliphatic hydroxyl groups excluding tert-OH is 2. The summed E-state index contributed by atoms with van der Waals surface area (Å²) in [4.78, 5) is 0. The first-order valence-corrected chi connectivity index (χ1v) is 9.42.